The number of hydrazone groups is 1. The molecule has 0 atom stereocenters. The van der Waals surface area contributed by atoms with Crippen LogP contribution in [0.5, 0.6) is 0 Å². The Hall–Kier alpha value is -2.38. The van der Waals surface area contributed by atoms with Crippen LogP contribution in [0.25, 0.3) is 0 Å². The van der Waals surface area contributed by atoms with E-state index in [0.29, 0.717) is 6.61 Å². The molecule has 3 rings (SSSR count). The molecule has 0 bridgehead atoms. The summed E-state index contributed by atoms with van der Waals surface area (Å²) in [6.07, 6.45) is 6.43. The average molecular weight is 314 g/mol. The van der Waals surface area contributed by atoms with Crippen LogP contribution in [0.3, 0.4) is 0 Å². The van der Waals surface area contributed by atoms with E-state index in [1.54, 1.807) is 16.5 Å². The fourth-order valence-electron chi connectivity index (χ4n) is 2.59. The van der Waals surface area contributed by atoms with Gasteiger partial charge in [0.05, 0.1) is 12.9 Å². The molecule has 1 aliphatic rings. The SMILES string of the molecule is Cc1cc(C)cc(C2=NNN(C)N2OCCCn2ccnc2)c1. The number of aryl methyl sites for hydroxylation is 3. The van der Waals surface area contributed by atoms with Crippen molar-refractivity contribution in [2.24, 2.45) is 5.10 Å². The number of nitrogens with one attached hydrogen (secondary N) is 1. The molecular formula is C16H22N6O. The van der Waals surface area contributed by atoms with Crippen LogP contribution >= 0.6 is 0 Å². The Morgan fingerprint density at radius 1 is 1.17 bits per heavy atom. The first-order valence-corrected chi connectivity index (χ1v) is 7.68. The van der Waals surface area contributed by atoms with Crippen LogP contribution < -0.4 is 5.53 Å². The number of aromatic nitrogens is 2. The van der Waals surface area contributed by atoms with Gasteiger partial charge in [0, 0.05) is 31.5 Å². The quantitative estimate of drug-likeness (QED) is 0.825. The highest BCUT2D eigenvalue weighted by Gasteiger charge is 2.25. The Balaban J connectivity index is 1.61. The molecule has 0 aliphatic carbocycles. The second-order valence-electron chi connectivity index (χ2n) is 5.70. The van der Waals surface area contributed by atoms with Crippen molar-refractivity contribution in [3.05, 3.63) is 53.6 Å². The first-order valence-electron chi connectivity index (χ1n) is 7.68. The van der Waals surface area contributed by atoms with Crippen LogP contribution in [0.2, 0.25) is 0 Å². The van der Waals surface area contributed by atoms with E-state index in [2.05, 4.69) is 47.7 Å². The summed E-state index contributed by atoms with van der Waals surface area (Å²) in [5.41, 5.74) is 6.37. The van der Waals surface area contributed by atoms with Gasteiger partial charge in [-0.05, 0) is 32.4 Å². The minimum atomic E-state index is 0.591. The molecule has 0 amide bonds. The molecule has 1 aromatic heterocycles. The second kappa shape index (κ2) is 6.80. The molecule has 7 nitrogen and oxygen atoms in total. The number of hydrogen-bond donors (Lipinski definition) is 1. The van der Waals surface area contributed by atoms with Crippen molar-refractivity contribution in [2.75, 3.05) is 13.7 Å². The van der Waals surface area contributed by atoms with Gasteiger partial charge in [0.2, 0.25) is 5.84 Å². The molecule has 1 aliphatic heterocycles. The van der Waals surface area contributed by atoms with Crippen LogP contribution in [-0.2, 0) is 11.4 Å². The van der Waals surface area contributed by atoms with E-state index in [-0.39, 0.29) is 0 Å². The minimum absolute atomic E-state index is 0.591. The summed E-state index contributed by atoms with van der Waals surface area (Å²) in [6.45, 7) is 5.63. The molecule has 0 unspecified atom stereocenters. The van der Waals surface area contributed by atoms with Gasteiger partial charge in [0.25, 0.3) is 0 Å². The Morgan fingerprint density at radius 2 is 1.96 bits per heavy atom. The lowest BCUT2D eigenvalue weighted by Gasteiger charge is -2.25. The predicted octanol–water partition coefficient (Wildman–Crippen LogP) is 1.85. The van der Waals surface area contributed by atoms with E-state index >= 15 is 0 Å². The third-order valence-corrected chi connectivity index (χ3v) is 3.57. The van der Waals surface area contributed by atoms with Crippen molar-refractivity contribution in [1.82, 2.24) is 25.4 Å². The number of imidazole rings is 1. The summed E-state index contributed by atoms with van der Waals surface area (Å²) >= 11 is 0. The van der Waals surface area contributed by atoms with Gasteiger partial charge in [-0.15, -0.1) is 10.3 Å². The van der Waals surface area contributed by atoms with Crippen molar-refractivity contribution in [1.29, 1.82) is 0 Å². The zero-order valence-corrected chi connectivity index (χ0v) is 13.7. The molecule has 2 heterocycles. The van der Waals surface area contributed by atoms with Crippen molar-refractivity contribution in [3.8, 4) is 0 Å². The molecule has 0 fully saturated rings. The number of rotatable bonds is 6. The van der Waals surface area contributed by atoms with Gasteiger partial charge in [0.15, 0.2) is 0 Å². The number of benzene rings is 1. The number of hydroxylamine groups is 1. The Morgan fingerprint density at radius 3 is 2.65 bits per heavy atom. The average Bonchev–Trinajstić information content (AvgIpc) is 3.13. The molecule has 1 N–H and O–H groups in total. The molecule has 0 saturated carbocycles. The number of hydrazine groups is 2. The summed E-state index contributed by atoms with van der Waals surface area (Å²) in [4.78, 5) is 9.93. The predicted molar refractivity (Wildman–Crippen MR) is 88.0 cm³/mol. The second-order valence-corrected chi connectivity index (χ2v) is 5.70. The van der Waals surface area contributed by atoms with Crippen LogP contribution in [-0.4, -0.2) is 39.3 Å². The van der Waals surface area contributed by atoms with E-state index in [0.717, 1.165) is 24.4 Å². The molecule has 7 heteroatoms. The van der Waals surface area contributed by atoms with Gasteiger partial charge < -0.3 is 4.57 Å². The highest BCUT2D eigenvalue weighted by Crippen LogP contribution is 2.16. The molecule has 2 aromatic rings. The zero-order chi connectivity index (χ0) is 16.2. The molecule has 23 heavy (non-hydrogen) atoms. The maximum absolute atomic E-state index is 5.89. The largest absolute Gasteiger partial charge is 0.337 e. The van der Waals surface area contributed by atoms with Gasteiger partial charge in [-0.3, -0.25) is 4.84 Å². The highest BCUT2D eigenvalue weighted by molar-refractivity contribution is 5.98. The smallest absolute Gasteiger partial charge is 0.201 e. The summed E-state index contributed by atoms with van der Waals surface area (Å²) in [5.74, 6) is 0.766. The standard InChI is InChI=1S/C16H22N6O/c1-13-9-14(2)11-15(10-13)16-18-19-20(3)22(16)23-8-4-6-21-7-5-17-12-21/h5,7,9-12,19H,4,6,8H2,1-3H3. The fraction of sp³-hybridized carbons (Fsp3) is 0.375. The molecule has 122 valence electrons. The molecule has 0 radical (unpaired) electrons. The van der Waals surface area contributed by atoms with Crippen molar-refractivity contribution in [3.63, 3.8) is 0 Å². The van der Waals surface area contributed by atoms with Crippen LogP contribution in [0.4, 0.5) is 0 Å². The van der Waals surface area contributed by atoms with E-state index in [1.807, 2.05) is 24.1 Å². The van der Waals surface area contributed by atoms with Gasteiger partial charge in [-0.2, -0.15) is 0 Å². The van der Waals surface area contributed by atoms with E-state index < -0.39 is 0 Å². The summed E-state index contributed by atoms with van der Waals surface area (Å²) in [5, 5.41) is 7.78. The van der Waals surface area contributed by atoms with Crippen molar-refractivity contribution in [2.45, 2.75) is 26.8 Å². The summed E-state index contributed by atoms with van der Waals surface area (Å²) in [7, 11) is 1.87. The Kier molecular flexibility index (Phi) is 4.59. The number of amidine groups is 1. The van der Waals surface area contributed by atoms with E-state index in [4.69, 9.17) is 4.84 Å². The Bertz CT molecular complexity index is 662. The lowest BCUT2D eigenvalue weighted by Crippen LogP contribution is -2.43. The van der Waals surface area contributed by atoms with Crippen LogP contribution in [0.15, 0.2) is 42.0 Å². The molecule has 1 aromatic carbocycles. The maximum atomic E-state index is 5.89. The lowest BCUT2D eigenvalue weighted by atomic mass is 10.1. The molecular weight excluding hydrogens is 292 g/mol. The van der Waals surface area contributed by atoms with E-state index in [1.165, 1.54) is 11.1 Å². The van der Waals surface area contributed by atoms with Crippen LogP contribution in [0, 0.1) is 13.8 Å². The van der Waals surface area contributed by atoms with Crippen LogP contribution in [0.1, 0.15) is 23.1 Å². The highest BCUT2D eigenvalue weighted by atomic mass is 16.7. The summed E-state index contributed by atoms with van der Waals surface area (Å²) < 4.78 is 2.04. The zero-order valence-electron chi connectivity index (χ0n) is 13.7. The third-order valence-electron chi connectivity index (χ3n) is 3.57. The van der Waals surface area contributed by atoms with Gasteiger partial charge in [0.1, 0.15) is 0 Å². The normalized spacial score (nSPS) is 14.9. The minimum Gasteiger partial charge on any atom is -0.337 e. The van der Waals surface area contributed by atoms with Crippen molar-refractivity contribution < 1.29 is 4.84 Å². The monoisotopic (exact) mass is 314 g/mol. The van der Waals surface area contributed by atoms with E-state index in [9.17, 15) is 0 Å². The Labute approximate surface area is 136 Å². The van der Waals surface area contributed by atoms with Gasteiger partial charge in [-0.25, -0.2) is 10.5 Å². The lowest BCUT2D eigenvalue weighted by molar-refractivity contribution is -0.227. The topological polar surface area (TPSA) is 57.9 Å². The number of nitrogens with zero attached hydrogens (tertiary/aromatic N) is 5. The van der Waals surface area contributed by atoms with Gasteiger partial charge in [-0.1, -0.05) is 22.3 Å². The maximum Gasteiger partial charge on any atom is 0.201 e. The summed E-state index contributed by atoms with van der Waals surface area (Å²) in [6, 6.07) is 6.36. The first-order chi connectivity index (χ1) is 11.1. The third kappa shape index (κ3) is 3.69. The first kappa shape index (κ1) is 15.5. The fourth-order valence-corrected chi connectivity index (χ4v) is 2.59. The molecule has 0 spiro atoms. The number of hydrogen-bond acceptors (Lipinski definition) is 6. The molecule has 0 saturated heterocycles. The van der Waals surface area contributed by atoms with Gasteiger partial charge >= 0.3 is 0 Å². The van der Waals surface area contributed by atoms with Crippen molar-refractivity contribution >= 4 is 5.84 Å².